The normalized spacial score (nSPS) is 11.8. The number of methoxy groups -OCH3 is 1. The van der Waals surface area contributed by atoms with E-state index in [4.69, 9.17) is 9.47 Å². The van der Waals surface area contributed by atoms with E-state index in [-0.39, 0.29) is 17.8 Å². The minimum absolute atomic E-state index is 0.105. The summed E-state index contributed by atoms with van der Waals surface area (Å²) in [6.07, 6.45) is -0.316. The van der Waals surface area contributed by atoms with Crippen LogP contribution in [0, 0.1) is 13.8 Å². The first-order chi connectivity index (χ1) is 15.3. The first-order valence-electron chi connectivity index (χ1n) is 10.3. The lowest BCUT2D eigenvalue weighted by Crippen LogP contribution is -2.16. The molecule has 7 nitrogen and oxygen atoms in total. The van der Waals surface area contributed by atoms with E-state index in [0.717, 1.165) is 27.0 Å². The highest BCUT2D eigenvalue weighted by atomic mass is 79.9. The summed E-state index contributed by atoms with van der Waals surface area (Å²) in [6.45, 7) is 8.66. The quantitative estimate of drug-likeness (QED) is 0.373. The SMILES string of the molecule is CCn1c(SCC(=O)Nc2cc(C)c(C)cc2Br)nnc1C(C)Oc1cccc(OC)c1. The van der Waals surface area contributed by atoms with Gasteiger partial charge in [0.05, 0.1) is 18.6 Å². The van der Waals surface area contributed by atoms with Gasteiger partial charge in [-0.2, -0.15) is 0 Å². The summed E-state index contributed by atoms with van der Waals surface area (Å²) in [5.74, 6) is 2.24. The smallest absolute Gasteiger partial charge is 0.234 e. The number of nitrogens with zero attached hydrogens (tertiary/aromatic N) is 3. The number of hydrogen-bond donors (Lipinski definition) is 1. The number of thioether (sulfide) groups is 1. The first kappa shape index (κ1) is 24.1. The first-order valence-corrected chi connectivity index (χ1v) is 12.0. The molecular weight excluding hydrogens is 492 g/mol. The Kier molecular flexibility index (Phi) is 8.20. The van der Waals surface area contributed by atoms with Crippen LogP contribution < -0.4 is 14.8 Å². The Morgan fingerprint density at radius 3 is 2.62 bits per heavy atom. The molecule has 0 saturated heterocycles. The molecule has 0 aliphatic rings. The molecule has 1 heterocycles. The Hall–Kier alpha value is -2.52. The summed E-state index contributed by atoms with van der Waals surface area (Å²) in [6, 6.07) is 11.4. The van der Waals surface area contributed by atoms with Gasteiger partial charge in [-0.25, -0.2) is 0 Å². The number of aryl methyl sites for hydroxylation is 2. The zero-order valence-corrected chi connectivity index (χ0v) is 21.2. The van der Waals surface area contributed by atoms with E-state index in [1.165, 1.54) is 11.8 Å². The van der Waals surface area contributed by atoms with Crippen molar-refractivity contribution in [2.75, 3.05) is 18.2 Å². The van der Waals surface area contributed by atoms with Gasteiger partial charge in [-0.05, 0) is 79.0 Å². The number of carbonyl (C=O) groups is 1. The van der Waals surface area contributed by atoms with Gasteiger partial charge < -0.3 is 19.4 Å². The number of aromatic nitrogens is 3. The molecule has 1 atom stereocenters. The third kappa shape index (κ3) is 5.83. The molecule has 0 aliphatic heterocycles. The van der Waals surface area contributed by atoms with Crippen molar-refractivity contribution in [1.29, 1.82) is 0 Å². The van der Waals surface area contributed by atoms with E-state index in [1.54, 1.807) is 7.11 Å². The molecule has 1 unspecified atom stereocenters. The Balaban J connectivity index is 1.65. The van der Waals surface area contributed by atoms with Crippen molar-refractivity contribution in [2.24, 2.45) is 0 Å². The average Bonchev–Trinajstić information content (AvgIpc) is 3.19. The van der Waals surface area contributed by atoms with Gasteiger partial charge in [0.2, 0.25) is 5.91 Å². The minimum Gasteiger partial charge on any atom is -0.497 e. The molecule has 1 amide bonds. The molecule has 0 radical (unpaired) electrons. The van der Waals surface area contributed by atoms with Crippen molar-refractivity contribution in [3.63, 3.8) is 0 Å². The highest BCUT2D eigenvalue weighted by Gasteiger charge is 2.20. The summed E-state index contributed by atoms with van der Waals surface area (Å²) >= 11 is 4.86. The third-order valence-electron chi connectivity index (χ3n) is 4.97. The van der Waals surface area contributed by atoms with Gasteiger partial charge in [-0.15, -0.1) is 10.2 Å². The monoisotopic (exact) mass is 518 g/mol. The predicted octanol–water partition coefficient (Wildman–Crippen LogP) is 5.56. The number of halogens is 1. The molecule has 1 N–H and O–H groups in total. The fourth-order valence-electron chi connectivity index (χ4n) is 3.13. The molecule has 32 heavy (non-hydrogen) atoms. The standard InChI is InChI=1S/C23H27BrN4O3S/c1-6-28-22(16(4)31-18-9-7-8-17(12-18)30-5)26-27-23(28)32-13-21(29)25-20-11-15(3)14(2)10-19(20)24/h7-12,16H,6,13H2,1-5H3,(H,25,29). The second kappa shape index (κ2) is 10.9. The molecule has 170 valence electrons. The molecule has 2 aromatic carbocycles. The predicted molar refractivity (Wildman–Crippen MR) is 131 cm³/mol. The number of ether oxygens (including phenoxy) is 2. The Morgan fingerprint density at radius 1 is 1.19 bits per heavy atom. The van der Waals surface area contributed by atoms with Crippen molar-refractivity contribution < 1.29 is 14.3 Å². The zero-order valence-electron chi connectivity index (χ0n) is 18.8. The summed E-state index contributed by atoms with van der Waals surface area (Å²) in [4.78, 5) is 12.5. The molecule has 0 saturated carbocycles. The van der Waals surface area contributed by atoms with Crippen molar-refractivity contribution in [1.82, 2.24) is 14.8 Å². The van der Waals surface area contributed by atoms with E-state index < -0.39 is 0 Å². The summed E-state index contributed by atoms with van der Waals surface area (Å²) in [5, 5.41) is 12.2. The van der Waals surface area contributed by atoms with E-state index in [9.17, 15) is 4.79 Å². The number of benzene rings is 2. The van der Waals surface area contributed by atoms with Crippen LogP contribution in [-0.2, 0) is 11.3 Å². The van der Waals surface area contributed by atoms with Crippen LogP contribution in [0.15, 0.2) is 46.0 Å². The molecule has 0 bridgehead atoms. The lowest BCUT2D eigenvalue weighted by Gasteiger charge is -2.16. The van der Waals surface area contributed by atoms with Gasteiger partial charge in [0.15, 0.2) is 17.1 Å². The van der Waals surface area contributed by atoms with E-state index in [2.05, 4.69) is 31.4 Å². The van der Waals surface area contributed by atoms with Crippen LogP contribution in [0.4, 0.5) is 5.69 Å². The zero-order chi connectivity index (χ0) is 23.3. The van der Waals surface area contributed by atoms with Gasteiger partial charge in [0, 0.05) is 17.1 Å². The molecule has 9 heteroatoms. The Bertz CT molecular complexity index is 1100. The highest BCUT2D eigenvalue weighted by Crippen LogP contribution is 2.28. The fourth-order valence-corrected chi connectivity index (χ4v) is 4.50. The van der Waals surface area contributed by atoms with Gasteiger partial charge in [0.25, 0.3) is 0 Å². The number of nitrogens with one attached hydrogen (secondary N) is 1. The number of rotatable bonds is 9. The second-order valence-electron chi connectivity index (χ2n) is 7.28. The van der Waals surface area contributed by atoms with E-state index in [1.807, 2.05) is 68.7 Å². The van der Waals surface area contributed by atoms with Crippen molar-refractivity contribution in [2.45, 2.75) is 45.5 Å². The van der Waals surface area contributed by atoms with E-state index in [0.29, 0.717) is 23.3 Å². The molecule has 0 spiro atoms. The van der Waals surface area contributed by atoms with Crippen molar-refractivity contribution >= 4 is 39.3 Å². The van der Waals surface area contributed by atoms with Crippen molar-refractivity contribution in [3.05, 3.63) is 57.8 Å². The van der Waals surface area contributed by atoms with Crippen LogP contribution in [0.1, 0.15) is 36.9 Å². The van der Waals surface area contributed by atoms with Crippen LogP contribution in [-0.4, -0.2) is 33.5 Å². The maximum absolute atomic E-state index is 12.5. The van der Waals surface area contributed by atoms with Gasteiger partial charge >= 0.3 is 0 Å². The number of anilines is 1. The van der Waals surface area contributed by atoms with Gasteiger partial charge in [-0.3, -0.25) is 4.79 Å². The lowest BCUT2D eigenvalue weighted by molar-refractivity contribution is -0.113. The highest BCUT2D eigenvalue weighted by molar-refractivity contribution is 9.10. The molecular formula is C23H27BrN4O3S. The number of hydrogen-bond acceptors (Lipinski definition) is 6. The molecule has 3 aromatic rings. The van der Waals surface area contributed by atoms with Gasteiger partial charge in [0.1, 0.15) is 11.5 Å². The van der Waals surface area contributed by atoms with Crippen molar-refractivity contribution in [3.8, 4) is 11.5 Å². The second-order valence-corrected chi connectivity index (χ2v) is 9.07. The largest absolute Gasteiger partial charge is 0.497 e. The maximum Gasteiger partial charge on any atom is 0.234 e. The number of carbonyl (C=O) groups excluding carboxylic acids is 1. The van der Waals surface area contributed by atoms with E-state index >= 15 is 0 Å². The third-order valence-corrected chi connectivity index (χ3v) is 6.59. The topological polar surface area (TPSA) is 78.3 Å². The molecule has 3 rings (SSSR count). The van der Waals surface area contributed by atoms with Crippen LogP contribution in [0.3, 0.4) is 0 Å². The summed E-state index contributed by atoms with van der Waals surface area (Å²) in [7, 11) is 1.62. The summed E-state index contributed by atoms with van der Waals surface area (Å²) in [5.41, 5.74) is 3.05. The Morgan fingerprint density at radius 2 is 1.91 bits per heavy atom. The Labute approximate surface area is 201 Å². The van der Waals surface area contributed by atoms with Gasteiger partial charge in [-0.1, -0.05) is 17.8 Å². The maximum atomic E-state index is 12.5. The fraction of sp³-hybridized carbons (Fsp3) is 0.348. The molecule has 1 aromatic heterocycles. The molecule has 0 aliphatic carbocycles. The minimum atomic E-state index is -0.316. The van der Waals surface area contributed by atoms with Crippen LogP contribution in [0.2, 0.25) is 0 Å². The van der Waals surface area contributed by atoms with Crippen LogP contribution in [0.5, 0.6) is 11.5 Å². The van der Waals surface area contributed by atoms with Crippen LogP contribution in [0.25, 0.3) is 0 Å². The number of amides is 1. The lowest BCUT2D eigenvalue weighted by atomic mass is 10.1. The van der Waals surface area contributed by atoms with Crippen LogP contribution >= 0.6 is 27.7 Å². The molecule has 0 fully saturated rings. The summed E-state index contributed by atoms with van der Waals surface area (Å²) < 4.78 is 14.1. The average molecular weight is 519 g/mol.